The van der Waals surface area contributed by atoms with E-state index in [-0.39, 0.29) is 12.5 Å². The number of urea groups is 1. The number of rotatable bonds is 6. The summed E-state index contributed by atoms with van der Waals surface area (Å²) in [5.41, 5.74) is -0.0378. The number of halogens is 1. The highest BCUT2D eigenvalue weighted by Crippen LogP contribution is 2.28. The third-order valence-electron chi connectivity index (χ3n) is 4.85. The van der Waals surface area contributed by atoms with Gasteiger partial charge in [-0.25, -0.2) is 9.18 Å². The van der Waals surface area contributed by atoms with Crippen LogP contribution in [0.15, 0.2) is 48.7 Å². The van der Waals surface area contributed by atoms with Gasteiger partial charge in [0.1, 0.15) is 17.9 Å². The van der Waals surface area contributed by atoms with Crippen LogP contribution in [0.2, 0.25) is 0 Å². The van der Waals surface area contributed by atoms with Crippen LogP contribution in [0.25, 0.3) is 0 Å². The molecule has 1 fully saturated rings. The van der Waals surface area contributed by atoms with Crippen molar-refractivity contribution in [3.05, 3.63) is 65.7 Å². The molecule has 1 atom stereocenters. The van der Waals surface area contributed by atoms with Crippen molar-refractivity contribution >= 4 is 17.8 Å². The van der Waals surface area contributed by atoms with Gasteiger partial charge in [0.2, 0.25) is 5.91 Å². The smallest absolute Gasteiger partial charge is 0.325 e. The number of likely N-dealkylation sites (N-methyl/N-ethyl adjacent to an activating group) is 1. The zero-order valence-electron chi connectivity index (χ0n) is 15.7. The Labute approximate surface area is 162 Å². The van der Waals surface area contributed by atoms with E-state index >= 15 is 0 Å². The fourth-order valence-electron chi connectivity index (χ4n) is 3.03. The van der Waals surface area contributed by atoms with Gasteiger partial charge in [0.25, 0.3) is 5.91 Å². The number of aromatic nitrogens is 1. The molecule has 0 aliphatic carbocycles. The average Bonchev–Trinajstić information content (AvgIpc) is 2.91. The molecular formula is C20H21FN4O3. The molecule has 0 radical (unpaired) electrons. The predicted molar refractivity (Wildman–Crippen MR) is 99.6 cm³/mol. The fourth-order valence-corrected chi connectivity index (χ4v) is 3.03. The lowest BCUT2D eigenvalue weighted by molar-refractivity contribution is -0.138. The van der Waals surface area contributed by atoms with Crippen molar-refractivity contribution < 1.29 is 18.8 Å². The third-order valence-corrected chi connectivity index (χ3v) is 4.85. The van der Waals surface area contributed by atoms with Crippen molar-refractivity contribution in [3.63, 3.8) is 0 Å². The topological polar surface area (TPSA) is 82.6 Å². The number of hydrogen-bond donors (Lipinski definition) is 1. The number of amides is 4. The minimum Gasteiger partial charge on any atom is -0.344 e. The third kappa shape index (κ3) is 3.85. The second-order valence-corrected chi connectivity index (χ2v) is 6.84. The van der Waals surface area contributed by atoms with E-state index in [4.69, 9.17) is 0 Å². The first-order valence-corrected chi connectivity index (χ1v) is 8.85. The van der Waals surface area contributed by atoms with Crippen molar-refractivity contribution in [2.75, 3.05) is 20.1 Å². The summed E-state index contributed by atoms with van der Waals surface area (Å²) in [6.07, 6.45) is 2.25. The number of carbonyl (C=O) groups excluding carboxylic acids is 3. The Kier molecular flexibility index (Phi) is 5.39. The van der Waals surface area contributed by atoms with Crippen LogP contribution in [0, 0.1) is 5.82 Å². The van der Waals surface area contributed by atoms with Crippen LogP contribution in [0.4, 0.5) is 9.18 Å². The van der Waals surface area contributed by atoms with E-state index in [9.17, 15) is 18.8 Å². The number of hydrogen-bond acceptors (Lipinski definition) is 4. The molecule has 1 aromatic heterocycles. The van der Waals surface area contributed by atoms with Gasteiger partial charge in [-0.2, -0.15) is 0 Å². The summed E-state index contributed by atoms with van der Waals surface area (Å²) in [6, 6.07) is 10.2. The van der Waals surface area contributed by atoms with Crippen LogP contribution in [0.1, 0.15) is 18.2 Å². The van der Waals surface area contributed by atoms with Gasteiger partial charge in [-0.1, -0.05) is 18.2 Å². The molecule has 1 aliphatic heterocycles. The first kappa shape index (κ1) is 19.5. The molecule has 1 aromatic carbocycles. The van der Waals surface area contributed by atoms with E-state index in [1.807, 2.05) is 18.2 Å². The molecule has 0 bridgehead atoms. The van der Waals surface area contributed by atoms with Gasteiger partial charge < -0.3 is 10.2 Å². The number of pyridine rings is 1. The molecule has 7 nitrogen and oxygen atoms in total. The van der Waals surface area contributed by atoms with Crippen molar-refractivity contribution in [1.82, 2.24) is 20.1 Å². The van der Waals surface area contributed by atoms with Gasteiger partial charge in [0.05, 0.1) is 0 Å². The summed E-state index contributed by atoms with van der Waals surface area (Å²) in [7, 11) is 1.61. The van der Waals surface area contributed by atoms with Crippen molar-refractivity contribution in [2.45, 2.75) is 18.9 Å². The summed E-state index contributed by atoms with van der Waals surface area (Å²) in [5, 5.41) is 2.60. The molecular weight excluding hydrogens is 363 g/mol. The van der Waals surface area contributed by atoms with Gasteiger partial charge in [0, 0.05) is 31.9 Å². The molecule has 2 heterocycles. The SMILES string of the molecule is CN(CCc1ccccn1)C(=O)CN1C(=O)NC(C)(c2ccc(F)cc2)C1=O. The minimum absolute atomic E-state index is 0.359. The summed E-state index contributed by atoms with van der Waals surface area (Å²) >= 11 is 0. The van der Waals surface area contributed by atoms with Gasteiger partial charge in [-0.05, 0) is 36.8 Å². The lowest BCUT2D eigenvalue weighted by atomic mass is 9.92. The summed E-state index contributed by atoms with van der Waals surface area (Å²) in [6.45, 7) is 1.59. The van der Waals surface area contributed by atoms with Crippen LogP contribution >= 0.6 is 0 Å². The number of imide groups is 1. The highest BCUT2D eigenvalue weighted by molar-refractivity contribution is 6.09. The highest BCUT2D eigenvalue weighted by atomic mass is 19.1. The molecule has 146 valence electrons. The van der Waals surface area contributed by atoms with Gasteiger partial charge in [0.15, 0.2) is 0 Å². The molecule has 4 amide bonds. The number of benzene rings is 1. The highest BCUT2D eigenvalue weighted by Gasteiger charge is 2.49. The number of nitrogens with zero attached hydrogens (tertiary/aromatic N) is 3. The van der Waals surface area contributed by atoms with E-state index in [1.165, 1.54) is 36.1 Å². The van der Waals surface area contributed by atoms with E-state index in [0.29, 0.717) is 18.5 Å². The lowest BCUT2D eigenvalue weighted by Crippen LogP contribution is -2.44. The molecule has 1 saturated heterocycles. The molecule has 1 aliphatic rings. The molecule has 1 N–H and O–H groups in total. The van der Waals surface area contributed by atoms with Crippen LogP contribution in [-0.2, 0) is 21.5 Å². The summed E-state index contributed by atoms with van der Waals surface area (Å²) in [4.78, 5) is 44.2. The monoisotopic (exact) mass is 384 g/mol. The maximum absolute atomic E-state index is 13.2. The van der Waals surface area contributed by atoms with Crippen molar-refractivity contribution in [3.8, 4) is 0 Å². The van der Waals surface area contributed by atoms with Gasteiger partial charge in [-0.3, -0.25) is 19.5 Å². The fraction of sp³-hybridized carbons (Fsp3) is 0.300. The Morgan fingerprint density at radius 2 is 1.93 bits per heavy atom. The first-order chi connectivity index (χ1) is 13.3. The maximum atomic E-state index is 13.2. The minimum atomic E-state index is -1.34. The van der Waals surface area contributed by atoms with Crippen LogP contribution in [0.5, 0.6) is 0 Å². The lowest BCUT2D eigenvalue weighted by Gasteiger charge is -2.23. The van der Waals surface area contributed by atoms with Crippen LogP contribution in [-0.4, -0.2) is 52.8 Å². The molecule has 8 heteroatoms. The largest absolute Gasteiger partial charge is 0.344 e. The Balaban J connectivity index is 1.65. The molecule has 3 rings (SSSR count). The first-order valence-electron chi connectivity index (χ1n) is 8.85. The zero-order chi connectivity index (χ0) is 20.3. The number of nitrogens with one attached hydrogen (secondary N) is 1. The Morgan fingerprint density at radius 3 is 2.57 bits per heavy atom. The summed E-state index contributed by atoms with van der Waals surface area (Å²) < 4.78 is 13.2. The molecule has 0 saturated carbocycles. The van der Waals surface area contributed by atoms with E-state index < -0.39 is 23.3 Å². The predicted octanol–water partition coefficient (Wildman–Crippen LogP) is 1.69. The average molecular weight is 384 g/mol. The normalized spacial score (nSPS) is 18.9. The molecule has 0 spiro atoms. The van der Waals surface area contributed by atoms with Crippen LogP contribution in [0.3, 0.4) is 0 Å². The van der Waals surface area contributed by atoms with E-state index in [2.05, 4.69) is 10.3 Å². The molecule has 28 heavy (non-hydrogen) atoms. The number of carbonyl (C=O) groups is 3. The Bertz CT molecular complexity index is 888. The van der Waals surface area contributed by atoms with Crippen molar-refractivity contribution in [1.29, 1.82) is 0 Å². The Hall–Kier alpha value is -3.29. The summed E-state index contributed by atoms with van der Waals surface area (Å²) in [5.74, 6) is -1.34. The standard InChI is InChI=1S/C20H21FN4O3/c1-20(14-6-8-15(21)9-7-14)18(27)25(19(28)23-20)13-17(26)24(2)12-10-16-5-3-4-11-22-16/h3-9,11H,10,12-13H2,1-2H3,(H,23,28). The van der Waals surface area contributed by atoms with Gasteiger partial charge in [-0.15, -0.1) is 0 Å². The van der Waals surface area contributed by atoms with Crippen molar-refractivity contribution in [2.24, 2.45) is 0 Å². The second-order valence-electron chi connectivity index (χ2n) is 6.84. The van der Waals surface area contributed by atoms with E-state index in [0.717, 1.165) is 10.6 Å². The maximum Gasteiger partial charge on any atom is 0.325 e. The van der Waals surface area contributed by atoms with E-state index in [1.54, 1.807) is 13.2 Å². The molecule has 1 unspecified atom stereocenters. The van der Waals surface area contributed by atoms with Gasteiger partial charge >= 0.3 is 6.03 Å². The molecule has 2 aromatic rings. The second kappa shape index (κ2) is 7.75. The quantitative estimate of drug-likeness (QED) is 0.769. The zero-order valence-corrected chi connectivity index (χ0v) is 15.7. The van der Waals surface area contributed by atoms with Crippen LogP contribution < -0.4 is 5.32 Å². The Morgan fingerprint density at radius 1 is 1.21 bits per heavy atom.